The zero-order chi connectivity index (χ0) is 48.7. The molecule has 6 heterocycles. The third kappa shape index (κ3) is 9.93. The number of nitrogens with one attached hydrogen (secondary N) is 3. The summed E-state index contributed by atoms with van der Waals surface area (Å²) in [5.74, 6) is -2.59. The molecular formula is C49H59BrF2N10O6S. The Bertz CT molecular complexity index is 2750. The van der Waals surface area contributed by atoms with Crippen molar-refractivity contribution in [2.75, 3.05) is 97.0 Å². The largest absolute Gasteiger partial charge is 0.494 e. The van der Waals surface area contributed by atoms with Crippen LogP contribution in [0.4, 0.5) is 49.0 Å². The molecule has 4 aromatic rings. The van der Waals surface area contributed by atoms with Crippen LogP contribution in [-0.2, 0) is 43.7 Å². The van der Waals surface area contributed by atoms with Gasteiger partial charge in [0.05, 0.1) is 46.7 Å². The number of anilines is 7. The van der Waals surface area contributed by atoms with E-state index in [1.807, 2.05) is 21.9 Å². The van der Waals surface area contributed by atoms with E-state index in [0.29, 0.717) is 90.7 Å². The number of halogens is 3. The Morgan fingerprint density at radius 1 is 0.870 bits per heavy atom. The first-order valence-corrected chi connectivity index (χ1v) is 26.5. The highest BCUT2D eigenvalue weighted by Gasteiger charge is 2.38. The van der Waals surface area contributed by atoms with Gasteiger partial charge in [0.25, 0.3) is 0 Å². The number of piperidine rings is 2. The highest BCUT2D eigenvalue weighted by molar-refractivity contribution is 9.10. The van der Waals surface area contributed by atoms with Crippen molar-refractivity contribution in [2.45, 2.75) is 77.2 Å². The third-order valence-electron chi connectivity index (χ3n) is 14.5. The number of methoxy groups -OCH3 is 1. The fraction of sp³-hybridized carbons (Fsp3) is 0.490. The molecule has 3 N–H and O–H groups in total. The highest BCUT2D eigenvalue weighted by Crippen LogP contribution is 2.43. The lowest BCUT2D eigenvalue weighted by atomic mass is 9.89. The summed E-state index contributed by atoms with van der Waals surface area (Å²) in [6.07, 6.45) is 7.73. The number of ether oxygens (including phenoxy) is 1. The van der Waals surface area contributed by atoms with E-state index in [1.54, 1.807) is 13.3 Å². The summed E-state index contributed by atoms with van der Waals surface area (Å²) in [6, 6.07) is 11.0. The minimum Gasteiger partial charge on any atom is -0.494 e. The molecule has 3 aromatic carbocycles. The summed E-state index contributed by atoms with van der Waals surface area (Å²) in [5.41, 5.74) is 6.46. The second-order valence-corrected chi connectivity index (χ2v) is 21.3. The lowest BCUT2D eigenvalue weighted by molar-refractivity contribution is -0.137. The van der Waals surface area contributed by atoms with Crippen molar-refractivity contribution in [3.8, 4) is 5.75 Å². The van der Waals surface area contributed by atoms with E-state index >= 15 is 8.78 Å². The molecule has 16 nitrogen and oxygen atoms in total. The molecule has 5 aliphatic rings. The first-order valence-electron chi connectivity index (χ1n) is 23.9. The minimum absolute atomic E-state index is 0.0237. The van der Waals surface area contributed by atoms with Crippen LogP contribution in [0.15, 0.2) is 47.1 Å². The zero-order valence-corrected chi connectivity index (χ0v) is 41.8. The number of piperazine rings is 1. The van der Waals surface area contributed by atoms with Gasteiger partial charge in [-0.1, -0.05) is 19.9 Å². The quantitative estimate of drug-likeness (QED) is 0.122. The van der Waals surface area contributed by atoms with E-state index in [2.05, 4.69) is 72.6 Å². The Balaban J connectivity index is 0.792. The predicted octanol–water partition coefficient (Wildman–Crippen LogP) is 6.62. The smallest absolute Gasteiger partial charge is 0.234 e. The lowest BCUT2D eigenvalue weighted by Crippen LogP contribution is -2.55. The van der Waals surface area contributed by atoms with Crippen LogP contribution in [0.2, 0.25) is 0 Å². The molecule has 3 amide bonds. The van der Waals surface area contributed by atoms with Crippen LogP contribution in [0.25, 0.3) is 0 Å². The molecule has 0 radical (unpaired) electrons. The second-order valence-electron chi connectivity index (χ2n) is 18.6. The average molecular weight is 1030 g/mol. The zero-order valence-electron chi connectivity index (χ0n) is 39.4. The number of fused-ring (bicyclic) bond motifs is 1. The average Bonchev–Trinajstić information content (AvgIpc) is 4.03. The van der Waals surface area contributed by atoms with Gasteiger partial charge in [0.1, 0.15) is 23.2 Å². The number of rotatable bonds is 13. The predicted molar refractivity (Wildman–Crippen MR) is 266 cm³/mol. The van der Waals surface area contributed by atoms with Crippen molar-refractivity contribution >= 4 is 83.9 Å². The number of amides is 3. The third-order valence-corrected chi connectivity index (χ3v) is 16.2. The fourth-order valence-corrected chi connectivity index (χ4v) is 12.1. The minimum atomic E-state index is -3.49. The van der Waals surface area contributed by atoms with Crippen molar-refractivity contribution in [1.29, 1.82) is 0 Å². The van der Waals surface area contributed by atoms with Gasteiger partial charge < -0.3 is 30.1 Å². The number of nitrogens with zero attached hydrogens (tertiary/aromatic N) is 7. The van der Waals surface area contributed by atoms with E-state index in [4.69, 9.17) is 9.72 Å². The molecular weight excluding hydrogens is 975 g/mol. The Morgan fingerprint density at radius 3 is 2.25 bits per heavy atom. The number of hydrogen-bond donors (Lipinski definition) is 3. The maximum atomic E-state index is 15.3. The van der Waals surface area contributed by atoms with Gasteiger partial charge >= 0.3 is 0 Å². The monoisotopic (exact) mass is 1030 g/mol. The molecule has 5 aliphatic heterocycles. The molecule has 20 heteroatoms. The second kappa shape index (κ2) is 20.0. The van der Waals surface area contributed by atoms with Crippen molar-refractivity contribution in [2.24, 2.45) is 5.92 Å². The van der Waals surface area contributed by atoms with Gasteiger partial charge in [0.2, 0.25) is 33.7 Å². The molecule has 69 heavy (non-hydrogen) atoms. The summed E-state index contributed by atoms with van der Waals surface area (Å²) < 4.78 is 64.2. The van der Waals surface area contributed by atoms with E-state index in [1.165, 1.54) is 22.7 Å². The maximum absolute atomic E-state index is 15.3. The molecule has 1 aromatic heterocycles. The van der Waals surface area contributed by atoms with Crippen molar-refractivity contribution < 1.29 is 36.3 Å². The molecule has 4 saturated heterocycles. The van der Waals surface area contributed by atoms with Crippen LogP contribution in [-0.4, -0.2) is 124 Å². The Kier molecular flexibility index (Phi) is 14.0. The van der Waals surface area contributed by atoms with Gasteiger partial charge in [0, 0.05) is 101 Å². The van der Waals surface area contributed by atoms with Crippen molar-refractivity contribution in [3.05, 3.63) is 81.0 Å². The Morgan fingerprint density at radius 2 is 1.58 bits per heavy atom. The fourth-order valence-electron chi connectivity index (χ4n) is 10.8. The van der Waals surface area contributed by atoms with E-state index in [9.17, 15) is 22.8 Å². The van der Waals surface area contributed by atoms with Crippen LogP contribution in [0.3, 0.4) is 0 Å². The highest BCUT2D eigenvalue weighted by atomic mass is 79.9. The van der Waals surface area contributed by atoms with Gasteiger partial charge in [-0.3, -0.25) is 28.9 Å². The van der Waals surface area contributed by atoms with Crippen LogP contribution in [0.5, 0.6) is 5.75 Å². The summed E-state index contributed by atoms with van der Waals surface area (Å²) in [4.78, 5) is 55.7. The number of sulfonamides is 1. The van der Waals surface area contributed by atoms with Crippen LogP contribution >= 0.6 is 15.9 Å². The lowest BCUT2D eigenvalue weighted by Gasteiger charge is -2.44. The summed E-state index contributed by atoms with van der Waals surface area (Å²) >= 11 is 3.59. The molecule has 9 rings (SSSR count). The van der Waals surface area contributed by atoms with E-state index in [0.717, 1.165) is 79.9 Å². The Labute approximate surface area is 410 Å². The summed E-state index contributed by atoms with van der Waals surface area (Å²) in [6.45, 7) is 9.98. The number of hydrogen-bond acceptors (Lipinski definition) is 13. The maximum Gasteiger partial charge on any atom is 0.234 e. The SMILES string of the molecule is CCc1cc(Nc2ncc(Br)c(Nc3ccc(CC)c4c3N(S(C)(=O)=O)CC4)n2)c(OC)cc1N1CCC(N2CCN(C(=O)C3CCN(c4cc(F)c(C5CCC(=O)NC5=O)c(F)c4)C3)CC2)CC1. The van der Waals surface area contributed by atoms with Gasteiger partial charge in [-0.15, -0.1) is 0 Å². The standard InChI is InChI=1S/C49H59BrF2N10O6S/c1-5-29-7-9-39(45-34(29)14-18-62(45)69(4,66)67)54-46-36(50)27-53-49(57-46)55-40-23-30(6-2)41(26-42(40)68-3)59-16-12-32(13-17-59)58-19-21-60(22-20-58)48(65)31-11-15-61(28-31)33-24-37(51)44(38(52)25-33)35-8-10-43(63)56-47(35)64/h7,9,23-27,31-32,35H,5-6,8,10-22,28H2,1-4H3,(H,56,63,64)(H2,53,54,55,57). The van der Waals surface area contributed by atoms with Crippen LogP contribution < -0.4 is 34.8 Å². The number of carbonyl (C=O) groups is 3. The van der Waals surface area contributed by atoms with Crippen molar-refractivity contribution in [3.63, 3.8) is 0 Å². The number of aromatic nitrogens is 2. The topological polar surface area (TPSA) is 173 Å². The van der Waals surface area contributed by atoms with Gasteiger partial charge in [-0.25, -0.2) is 22.2 Å². The first kappa shape index (κ1) is 48.4. The molecule has 2 atom stereocenters. The number of benzene rings is 3. The molecule has 368 valence electrons. The number of aryl methyl sites for hydroxylation is 2. The van der Waals surface area contributed by atoms with Crippen LogP contribution in [0, 0.1) is 17.6 Å². The van der Waals surface area contributed by atoms with E-state index < -0.39 is 39.4 Å². The van der Waals surface area contributed by atoms with Crippen LogP contribution in [0.1, 0.15) is 74.1 Å². The molecule has 4 fully saturated rings. The van der Waals surface area contributed by atoms with Crippen molar-refractivity contribution in [1.82, 2.24) is 25.1 Å². The molecule has 0 aliphatic carbocycles. The van der Waals surface area contributed by atoms with Gasteiger partial charge in [0.15, 0.2) is 0 Å². The molecule has 0 spiro atoms. The molecule has 2 unspecified atom stereocenters. The molecule has 0 bridgehead atoms. The molecule has 0 saturated carbocycles. The van der Waals surface area contributed by atoms with E-state index in [-0.39, 0.29) is 30.2 Å². The number of imide groups is 1. The number of carbonyl (C=O) groups excluding carboxylic acids is 3. The normalized spacial score (nSPS) is 20.3. The Hall–Kier alpha value is -5.60. The first-order chi connectivity index (χ1) is 33.1. The van der Waals surface area contributed by atoms with Gasteiger partial charge in [-0.05, 0) is 102 Å². The summed E-state index contributed by atoms with van der Waals surface area (Å²) in [5, 5.41) is 8.93. The summed E-state index contributed by atoms with van der Waals surface area (Å²) in [7, 11) is -1.85. The van der Waals surface area contributed by atoms with Gasteiger partial charge in [-0.2, -0.15) is 4.98 Å².